The van der Waals surface area contributed by atoms with Crippen LogP contribution in [0.25, 0.3) is 0 Å². The van der Waals surface area contributed by atoms with Crippen molar-refractivity contribution in [2.75, 3.05) is 34.0 Å². The zero-order valence-electron chi connectivity index (χ0n) is 22.5. The van der Waals surface area contributed by atoms with Crippen molar-refractivity contribution in [3.63, 3.8) is 0 Å². The monoisotopic (exact) mass is 486 g/mol. The number of hydrogen-bond donors (Lipinski definition) is 3. The van der Waals surface area contributed by atoms with Crippen LogP contribution in [0.1, 0.15) is 67.7 Å². The molecule has 3 unspecified atom stereocenters. The molecule has 0 spiro atoms. The van der Waals surface area contributed by atoms with Crippen molar-refractivity contribution in [2.24, 2.45) is 16.7 Å². The van der Waals surface area contributed by atoms with Gasteiger partial charge in [-0.15, -0.1) is 0 Å². The summed E-state index contributed by atoms with van der Waals surface area (Å²) in [6.07, 6.45) is -0.0594. The van der Waals surface area contributed by atoms with E-state index in [2.05, 4.69) is 17.2 Å². The van der Waals surface area contributed by atoms with Gasteiger partial charge < -0.3 is 30.0 Å². The van der Waals surface area contributed by atoms with Gasteiger partial charge in [0.25, 0.3) is 0 Å². The van der Waals surface area contributed by atoms with Gasteiger partial charge in [-0.05, 0) is 60.8 Å². The van der Waals surface area contributed by atoms with Crippen LogP contribution < -0.4 is 10.6 Å². The van der Waals surface area contributed by atoms with Gasteiger partial charge in [0.15, 0.2) is 0 Å². The lowest BCUT2D eigenvalue weighted by atomic mass is 9.72. The second-order valence-electron chi connectivity index (χ2n) is 10.3. The molecule has 0 aliphatic heterocycles. The lowest BCUT2D eigenvalue weighted by molar-refractivity contribution is -0.160. The lowest BCUT2D eigenvalue weighted by Gasteiger charge is -2.36. The summed E-state index contributed by atoms with van der Waals surface area (Å²) >= 11 is 0. The number of aliphatic hydroxyl groups excluding tert-OH is 1. The number of nitrogens with one attached hydrogen (secondary N) is 2. The predicted octanol–water partition coefficient (Wildman–Crippen LogP) is 2.57. The van der Waals surface area contributed by atoms with Crippen LogP contribution in [0.15, 0.2) is 12.3 Å². The molecule has 34 heavy (non-hydrogen) atoms. The number of carbonyl (C=O) groups is 3. The van der Waals surface area contributed by atoms with Crippen LogP contribution in [0.3, 0.4) is 0 Å². The summed E-state index contributed by atoms with van der Waals surface area (Å²) in [5, 5.41) is 15.4. The normalized spacial score (nSPS) is 15.5. The van der Waals surface area contributed by atoms with E-state index >= 15 is 0 Å². The van der Waals surface area contributed by atoms with E-state index in [-0.39, 0.29) is 38.6 Å². The Balaban J connectivity index is 5.91. The highest BCUT2D eigenvalue weighted by Crippen LogP contribution is 2.38. The number of methoxy groups -OCH3 is 1. The van der Waals surface area contributed by atoms with E-state index < -0.39 is 40.3 Å². The summed E-state index contributed by atoms with van der Waals surface area (Å²) in [4.78, 5) is 39.1. The molecule has 3 N–H and O–H groups in total. The second kappa shape index (κ2) is 13.7. The van der Waals surface area contributed by atoms with Gasteiger partial charge in [-0.25, -0.2) is 0 Å². The molecule has 0 heterocycles. The SMILES string of the molecule is C=C(NC)C(C)(C)NC(=O)C(CC(C)(C)C(=O)OCCOC)CC(C)(CC)C(=O)OCC(C)O. The average molecular weight is 487 g/mol. The summed E-state index contributed by atoms with van der Waals surface area (Å²) in [6, 6.07) is 0. The third-order valence-electron chi connectivity index (χ3n) is 6.12. The van der Waals surface area contributed by atoms with Crippen molar-refractivity contribution < 1.29 is 33.7 Å². The quantitative estimate of drug-likeness (QED) is 0.225. The topological polar surface area (TPSA) is 123 Å². The molecule has 0 aliphatic rings. The maximum atomic E-state index is 13.5. The van der Waals surface area contributed by atoms with Crippen LogP contribution in [0.5, 0.6) is 0 Å². The third kappa shape index (κ3) is 10.0. The molecule has 0 aromatic rings. The molecule has 0 fully saturated rings. The van der Waals surface area contributed by atoms with Crippen molar-refractivity contribution in [3.05, 3.63) is 12.3 Å². The van der Waals surface area contributed by atoms with Crippen molar-refractivity contribution in [1.29, 1.82) is 0 Å². The van der Waals surface area contributed by atoms with Crippen LogP contribution in [-0.4, -0.2) is 68.6 Å². The summed E-state index contributed by atoms with van der Waals surface area (Å²) < 4.78 is 15.5. The Morgan fingerprint density at radius 1 is 1.00 bits per heavy atom. The van der Waals surface area contributed by atoms with Gasteiger partial charge in [0.05, 0.1) is 29.1 Å². The molecular weight excluding hydrogens is 440 g/mol. The number of aliphatic hydroxyl groups is 1. The highest BCUT2D eigenvalue weighted by Gasteiger charge is 2.43. The second-order valence-corrected chi connectivity index (χ2v) is 10.3. The van der Waals surface area contributed by atoms with Crippen LogP contribution in [-0.2, 0) is 28.6 Å². The molecule has 1 amide bonds. The van der Waals surface area contributed by atoms with Crippen molar-refractivity contribution in [3.8, 4) is 0 Å². The number of rotatable bonds is 16. The Bertz CT molecular complexity index is 703. The Kier molecular flexibility index (Phi) is 12.8. The van der Waals surface area contributed by atoms with E-state index in [4.69, 9.17) is 14.2 Å². The fourth-order valence-corrected chi connectivity index (χ4v) is 3.45. The Labute approximate surface area is 205 Å². The minimum atomic E-state index is -0.989. The third-order valence-corrected chi connectivity index (χ3v) is 6.12. The maximum absolute atomic E-state index is 13.5. The predicted molar refractivity (Wildman–Crippen MR) is 131 cm³/mol. The van der Waals surface area contributed by atoms with Crippen LogP contribution in [0, 0.1) is 16.7 Å². The maximum Gasteiger partial charge on any atom is 0.311 e. The molecule has 9 nitrogen and oxygen atoms in total. The molecule has 0 bridgehead atoms. The van der Waals surface area contributed by atoms with E-state index in [9.17, 15) is 19.5 Å². The Morgan fingerprint density at radius 3 is 2.06 bits per heavy atom. The highest BCUT2D eigenvalue weighted by molar-refractivity contribution is 5.83. The van der Waals surface area contributed by atoms with Crippen molar-refractivity contribution in [1.82, 2.24) is 10.6 Å². The zero-order chi connectivity index (χ0) is 26.7. The summed E-state index contributed by atoms with van der Waals surface area (Å²) in [7, 11) is 3.24. The average Bonchev–Trinajstić information content (AvgIpc) is 2.75. The standard InChI is InChI=1S/C25H46N2O7/c1-11-25(8,22(31)34-16-17(2)28)15-19(20(29)27-24(6,7)18(3)26-9)14-23(4,5)21(30)33-13-12-32-10/h17,19,26,28H,3,11-16H2,1-2,4-10H3,(H,27,29). The first kappa shape index (κ1) is 31.9. The lowest BCUT2D eigenvalue weighted by Crippen LogP contribution is -2.51. The molecule has 9 heteroatoms. The Hall–Kier alpha value is -2.13. The first-order valence-electron chi connectivity index (χ1n) is 11.8. The smallest absolute Gasteiger partial charge is 0.311 e. The van der Waals surface area contributed by atoms with E-state index in [1.807, 2.05) is 20.8 Å². The van der Waals surface area contributed by atoms with Gasteiger partial charge >= 0.3 is 11.9 Å². The molecule has 0 aliphatic carbocycles. The number of hydrogen-bond acceptors (Lipinski definition) is 8. The Morgan fingerprint density at radius 2 is 1.59 bits per heavy atom. The van der Waals surface area contributed by atoms with E-state index in [0.717, 1.165) is 0 Å². The van der Waals surface area contributed by atoms with Gasteiger partial charge in [-0.3, -0.25) is 14.4 Å². The molecular formula is C25H46N2O7. The number of esters is 2. The molecule has 0 saturated heterocycles. The van der Waals surface area contributed by atoms with Gasteiger partial charge in [-0.2, -0.15) is 0 Å². The van der Waals surface area contributed by atoms with Gasteiger partial charge in [0, 0.05) is 25.8 Å². The molecule has 198 valence electrons. The first-order valence-corrected chi connectivity index (χ1v) is 11.8. The number of carbonyl (C=O) groups excluding carboxylic acids is 3. The molecule has 0 aromatic heterocycles. The largest absolute Gasteiger partial charge is 0.463 e. The minimum absolute atomic E-state index is 0.114. The number of likely N-dealkylation sites (N-methyl/N-ethyl adjacent to an activating group) is 1. The van der Waals surface area contributed by atoms with E-state index in [0.29, 0.717) is 12.1 Å². The van der Waals surface area contributed by atoms with Gasteiger partial charge in [-0.1, -0.05) is 13.5 Å². The molecule has 3 atom stereocenters. The minimum Gasteiger partial charge on any atom is -0.463 e. The van der Waals surface area contributed by atoms with Crippen LogP contribution in [0.2, 0.25) is 0 Å². The number of ether oxygens (including phenoxy) is 3. The molecule has 0 saturated carbocycles. The fraction of sp³-hybridized carbons (Fsp3) is 0.800. The van der Waals surface area contributed by atoms with Crippen molar-refractivity contribution >= 4 is 17.8 Å². The van der Waals surface area contributed by atoms with Gasteiger partial charge in [0.2, 0.25) is 5.91 Å². The summed E-state index contributed by atoms with van der Waals surface area (Å²) in [6.45, 7) is 16.4. The number of amides is 1. The molecule has 0 rings (SSSR count). The zero-order valence-corrected chi connectivity index (χ0v) is 22.5. The first-order chi connectivity index (χ1) is 15.6. The summed E-state index contributed by atoms with van der Waals surface area (Å²) in [5.41, 5.74) is -2.12. The fourth-order valence-electron chi connectivity index (χ4n) is 3.45. The van der Waals surface area contributed by atoms with E-state index in [1.165, 1.54) is 14.0 Å². The van der Waals surface area contributed by atoms with Gasteiger partial charge in [0.1, 0.15) is 13.2 Å². The highest BCUT2D eigenvalue weighted by atomic mass is 16.6. The van der Waals surface area contributed by atoms with Crippen LogP contribution in [0.4, 0.5) is 0 Å². The molecule has 0 aromatic carbocycles. The van der Waals surface area contributed by atoms with Crippen LogP contribution >= 0.6 is 0 Å². The molecule has 0 radical (unpaired) electrons. The summed E-state index contributed by atoms with van der Waals surface area (Å²) in [5.74, 6) is -1.94. The van der Waals surface area contributed by atoms with Crippen molar-refractivity contribution in [2.45, 2.75) is 79.4 Å². The van der Waals surface area contributed by atoms with E-state index in [1.54, 1.807) is 27.8 Å².